The minimum atomic E-state index is 0.00659. The number of carbonyl (C=O) groups is 1. The second-order valence-corrected chi connectivity index (χ2v) is 8.10. The molecule has 3 rings (SSSR count). The predicted octanol–water partition coefficient (Wildman–Crippen LogP) is 2.39. The summed E-state index contributed by atoms with van der Waals surface area (Å²) in [5.74, 6) is 0.553. The van der Waals surface area contributed by atoms with E-state index in [9.17, 15) is 4.79 Å². The molecule has 0 N–H and O–H groups in total. The molecule has 0 radical (unpaired) electrons. The van der Waals surface area contributed by atoms with Gasteiger partial charge in [0, 0.05) is 46.9 Å². The van der Waals surface area contributed by atoms with Gasteiger partial charge in [-0.1, -0.05) is 23.8 Å². The fourth-order valence-electron chi connectivity index (χ4n) is 4.09. The number of hydrogen-bond acceptors (Lipinski definition) is 4. The zero-order chi connectivity index (χ0) is 18.7. The van der Waals surface area contributed by atoms with E-state index in [0.717, 1.165) is 39.1 Å². The summed E-state index contributed by atoms with van der Waals surface area (Å²) in [6.45, 7) is 8.99. The summed E-state index contributed by atoms with van der Waals surface area (Å²) in [5.41, 5.74) is 4.10. The lowest BCUT2D eigenvalue weighted by atomic mass is 9.79. The number of benzene rings is 1. The minimum Gasteiger partial charge on any atom is -0.372 e. The van der Waals surface area contributed by atoms with Crippen LogP contribution in [0.2, 0.25) is 0 Å². The fourth-order valence-corrected chi connectivity index (χ4v) is 4.09. The van der Waals surface area contributed by atoms with Gasteiger partial charge in [-0.25, -0.2) is 0 Å². The summed E-state index contributed by atoms with van der Waals surface area (Å²) in [4.78, 5) is 15.6. The van der Waals surface area contributed by atoms with Crippen LogP contribution in [0.5, 0.6) is 0 Å². The van der Waals surface area contributed by atoms with Gasteiger partial charge in [-0.15, -0.1) is 0 Å². The van der Waals surface area contributed by atoms with Crippen LogP contribution in [0.3, 0.4) is 0 Å². The Morgan fingerprint density at radius 2 is 2.12 bits per heavy atom. The zero-order valence-corrected chi connectivity index (χ0v) is 16.6. The van der Waals surface area contributed by atoms with Gasteiger partial charge < -0.3 is 14.4 Å². The fraction of sp³-hybridized carbons (Fsp3) is 0.667. The van der Waals surface area contributed by atoms with Crippen molar-refractivity contribution in [1.82, 2.24) is 9.80 Å². The normalized spacial score (nSPS) is 21.8. The van der Waals surface area contributed by atoms with Crippen molar-refractivity contribution in [2.75, 3.05) is 47.0 Å². The number of likely N-dealkylation sites (N-methyl/N-ethyl adjacent to an activating group) is 1. The van der Waals surface area contributed by atoms with Crippen LogP contribution < -0.4 is 0 Å². The highest BCUT2D eigenvalue weighted by Crippen LogP contribution is 2.42. The number of aryl methyl sites for hydroxylation is 2. The average Bonchev–Trinajstić information content (AvgIpc) is 2.98. The number of hydrogen-bond donors (Lipinski definition) is 0. The molecular formula is C21H32N2O3. The number of nitrogens with zero attached hydrogens (tertiary/aromatic N) is 2. The van der Waals surface area contributed by atoms with E-state index >= 15 is 0 Å². The second kappa shape index (κ2) is 8.07. The van der Waals surface area contributed by atoms with Gasteiger partial charge in [-0.05, 0) is 43.7 Å². The summed E-state index contributed by atoms with van der Waals surface area (Å²) in [6.07, 6.45) is 2.07. The molecule has 5 nitrogen and oxygen atoms in total. The summed E-state index contributed by atoms with van der Waals surface area (Å²) < 4.78 is 11.7. The number of rotatable bonds is 7. The van der Waals surface area contributed by atoms with Crippen LogP contribution in [0, 0.1) is 19.8 Å². The molecule has 2 heterocycles. The van der Waals surface area contributed by atoms with E-state index in [-0.39, 0.29) is 18.1 Å². The van der Waals surface area contributed by atoms with Crippen LogP contribution in [-0.4, -0.2) is 68.3 Å². The summed E-state index contributed by atoms with van der Waals surface area (Å²) in [6, 6.07) is 6.68. The van der Waals surface area contributed by atoms with Crippen LogP contribution >= 0.6 is 0 Å². The van der Waals surface area contributed by atoms with Crippen molar-refractivity contribution in [3.8, 4) is 0 Å². The van der Waals surface area contributed by atoms with E-state index in [1.54, 1.807) is 19.0 Å². The standard InChI is InChI=1S/C21H32N2O3/c1-16-5-6-17(2)18(11-16)12-23-14-21(15-23)19(8-10-26-21)7-9-25-13-20(24)22(3)4/h5-6,11,19H,7-10,12-15H2,1-4H3/t19-/m1/s1. The number of amides is 1. The number of likely N-dealkylation sites (tertiary alicyclic amines) is 1. The van der Waals surface area contributed by atoms with Crippen LogP contribution in [0.15, 0.2) is 18.2 Å². The first-order chi connectivity index (χ1) is 12.4. The lowest BCUT2D eigenvalue weighted by Gasteiger charge is -2.50. The van der Waals surface area contributed by atoms with Crippen molar-refractivity contribution < 1.29 is 14.3 Å². The van der Waals surface area contributed by atoms with Crippen molar-refractivity contribution in [3.63, 3.8) is 0 Å². The third-order valence-corrected chi connectivity index (χ3v) is 5.82. The average molecular weight is 360 g/mol. The van der Waals surface area contributed by atoms with Gasteiger partial charge in [0.25, 0.3) is 0 Å². The summed E-state index contributed by atoms with van der Waals surface area (Å²) >= 11 is 0. The van der Waals surface area contributed by atoms with Crippen molar-refractivity contribution in [1.29, 1.82) is 0 Å². The highest BCUT2D eigenvalue weighted by atomic mass is 16.5. The van der Waals surface area contributed by atoms with E-state index < -0.39 is 0 Å². The Labute approximate surface area is 157 Å². The SMILES string of the molecule is Cc1ccc(C)c(CN2CC3(C2)OCC[C@H]3CCOCC(=O)N(C)C)c1. The van der Waals surface area contributed by atoms with Crippen molar-refractivity contribution >= 4 is 5.91 Å². The van der Waals surface area contributed by atoms with E-state index in [1.165, 1.54) is 16.7 Å². The lowest BCUT2D eigenvalue weighted by Crippen LogP contribution is -2.64. The molecule has 0 aromatic heterocycles. The highest BCUT2D eigenvalue weighted by Gasteiger charge is 2.52. The first-order valence-corrected chi connectivity index (χ1v) is 9.60. The summed E-state index contributed by atoms with van der Waals surface area (Å²) in [7, 11) is 3.51. The first-order valence-electron chi connectivity index (χ1n) is 9.60. The quantitative estimate of drug-likeness (QED) is 0.700. The van der Waals surface area contributed by atoms with Gasteiger partial charge in [0.1, 0.15) is 6.61 Å². The van der Waals surface area contributed by atoms with Gasteiger partial charge in [-0.3, -0.25) is 9.69 Å². The molecule has 1 atom stereocenters. The molecule has 1 aromatic carbocycles. The monoisotopic (exact) mass is 360 g/mol. The Morgan fingerprint density at radius 3 is 2.85 bits per heavy atom. The van der Waals surface area contributed by atoms with E-state index in [2.05, 4.69) is 36.9 Å². The van der Waals surface area contributed by atoms with Gasteiger partial charge >= 0.3 is 0 Å². The third-order valence-electron chi connectivity index (χ3n) is 5.82. The van der Waals surface area contributed by atoms with Crippen molar-refractivity contribution in [3.05, 3.63) is 34.9 Å². The Hall–Kier alpha value is -1.43. The molecule has 5 heteroatoms. The molecular weight excluding hydrogens is 328 g/mol. The Bertz CT molecular complexity index is 638. The van der Waals surface area contributed by atoms with Crippen molar-refractivity contribution in [2.24, 2.45) is 5.92 Å². The maximum Gasteiger partial charge on any atom is 0.248 e. The highest BCUT2D eigenvalue weighted by molar-refractivity contribution is 5.76. The Morgan fingerprint density at radius 1 is 1.35 bits per heavy atom. The molecule has 2 aliphatic rings. The van der Waals surface area contributed by atoms with Gasteiger partial charge in [0.15, 0.2) is 0 Å². The third kappa shape index (κ3) is 4.27. The molecule has 0 aliphatic carbocycles. The molecule has 144 valence electrons. The number of carbonyl (C=O) groups excluding carboxylic acids is 1. The smallest absolute Gasteiger partial charge is 0.248 e. The molecule has 0 saturated carbocycles. The van der Waals surface area contributed by atoms with E-state index in [1.807, 2.05) is 0 Å². The molecule has 26 heavy (non-hydrogen) atoms. The Balaban J connectivity index is 1.46. The van der Waals surface area contributed by atoms with Crippen LogP contribution in [-0.2, 0) is 20.8 Å². The van der Waals surface area contributed by atoms with Gasteiger partial charge in [0.05, 0.1) is 5.60 Å². The summed E-state index contributed by atoms with van der Waals surface area (Å²) in [5, 5.41) is 0. The van der Waals surface area contributed by atoms with Crippen LogP contribution in [0.1, 0.15) is 29.5 Å². The molecule has 1 aromatic rings. The van der Waals surface area contributed by atoms with Gasteiger partial charge in [0.2, 0.25) is 5.91 Å². The molecule has 0 bridgehead atoms. The lowest BCUT2D eigenvalue weighted by molar-refractivity contribution is -0.141. The molecule has 2 saturated heterocycles. The molecule has 2 aliphatic heterocycles. The molecule has 0 unspecified atom stereocenters. The minimum absolute atomic E-state index is 0.00659. The largest absolute Gasteiger partial charge is 0.372 e. The number of ether oxygens (including phenoxy) is 2. The molecule has 1 spiro atoms. The zero-order valence-electron chi connectivity index (χ0n) is 16.6. The predicted molar refractivity (Wildman–Crippen MR) is 102 cm³/mol. The van der Waals surface area contributed by atoms with Crippen LogP contribution in [0.4, 0.5) is 0 Å². The van der Waals surface area contributed by atoms with E-state index in [4.69, 9.17) is 9.47 Å². The van der Waals surface area contributed by atoms with Gasteiger partial charge in [-0.2, -0.15) is 0 Å². The second-order valence-electron chi connectivity index (χ2n) is 8.10. The Kier molecular flexibility index (Phi) is 6.00. The van der Waals surface area contributed by atoms with E-state index in [0.29, 0.717) is 12.5 Å². The topological polar surface area (TPSA) is 42.0 Å². The maximum atomic E-state index is 11.6. The maximum absolute atomic E-state index is 11.6. The van der Waals surface area contributed by atoms with Crippen molar-refractivity contribution in [2.45, 2.75) is 38.8 Å². The first kappa shape index (κ1) is 19.3. The molecule has 1 amide bonds. The van der Waals surface area contributed by atoms with Crippen LogP contribution in [0.25, 0.3) is 0 Å². The molecule has 2 fully saturated rings.